The minimum absolute atomic E-state index is 0.111. The van der Waals surface area contributed by atoms with Crippen molar-refractivity contribution in [3.05, 3.63) is 60.2 Å². The highest BCUT2D eigenvalue weighted by atomic mass is 16.5. The van der Waals surface area contributed by atoms with Gasteiger partial charge in [-0.2, -0.15) is 0 Å². The van der Waals surface area contributed by atoms with Crippen molar-refractivity contribution in [3.8, 4) is 11.1 Å². The summed E-state index contributed by atoms with van der Waals surface area (Å²) in [6.07, 6.45) is 0.462. The zero-order valence-corrected chi connectivity index (χ0v) is 14.4. The Hall–Kier alpha value is -2.66. The smallest absolute Gasteiger partial charge is 0.311 e. The fraction of sp³-hybridized carbons (Fsp3) is 0.333. The highest BCUT2D eigenvalue weighted by molar-refractivity contribution is 5.95. The van der Waals surface area contributed by atoms with E-state index in [0.29, 0.717) is 31.7 Å². The van der Waals surface area contributed by atoms with Gasteiger partial charge in [0.25, 0.3) is 5.91 Å². The predicted octanol–water partition coefficient (Wildman–Crippen LogP) is 2.92. The lowest BCUT2D eigenvalue weighted by atomic mass is 9.74. The van der Waals surface area contributed by atoms with Crippen LogP contribution in [0.5, 0.6) is 0 Å². The quantitative estimate of drug-likeness (QED) is 0.923. The molecule has 134 valence electrons. The second kappa shape index (κ2) is 6.57. The molecule has 0 aromatic heterocycles. The molecule has 1 amide bonds. The molecule has 2 aromatic rings. The second-order valence-electron chi connectivity index (χ2n) is 7.11. The van der Waals surface area contributed by atoms with Crippen LogP contribution in [-0.4, -0.2) is 48.2 Å². The molecular weight excluding hydrogens is 330 g/mol. The van der Waals surface area contributed by atoms with E-state index in [-0.39, 0.29) is 18.4 Å². The van der Waals surface area contributed by atoms with E-state index in [9.17, 15) is 14.7 Å². The summed E-state index contributed by atoms with van der Waals surface area (Å²) in [4.78, 5) is 26.4. The monoisotopic (exact) mass is 351 g/mol. The van der Waals surface area contributed by atoms with Gasteiger partial charge >= 0.3 is 5.97 Å². The molecule has 2 saturated heterocycles. The van der Waals surface area contributed by atoms with Crippen LogP contribution in [0, 0.1) is 11.3 Å². The molecule has 5 heteroatoms. The van der Waals surface area contributed by atoms with Gasteiger partial charge in [-0.1, -0.05) is 42.5 Å². The maximum atomic E-state index is 12.9. The number of rotatable bonds is 3. The van der Waals surface area contributed by atoms with E-state index in [0.717, 1.165) is 11.1 Å². The molecule has 0 bridgehead atoms. The first kappa shape index (κ1) is 16.8. The van der Waals surface area contributed by atoms with Crippen molar-refractivity contribution in [2.45, 2.75) is 6.42 Å². The van der Waals surface area contributed by atoms with Crippen molar-refractivity contribution in [2.75, 3.05) is 26.3 Å². The van der Waals surface area contributed by atoms with Crippen LogP contribution in [0.2, 0.25) is 0 Å². The van der Waals surface area contributed by atoms with Gasteiger partial charge in [-0.05, 0) is 29.7 Å². The molecule has 2 aliphatic heterocycles. The summed E-state index contributed by atoms with van der Waals surface area (Å²) in [5, 5.41) is 9.74. The van der Waals surface area contributed by atoms with Gasteiger partial charge in [0.15, 0.2) is 0 Å². The number of benzene rings is 2. The van der Waals surface area contributed by atoms with Crippen LogP contribution < -0.4 is 0 Å². The molecule has 0 spiro atoms. The van der Waals surface area contributed by atoms with Gasteiger partial charge in [-0.15, -0.1) is 0 Å². The van der Waals surface area contributed by atoms with E-state index in [1.807, 2.05) is 54.6 Å². The van der Waals surface area contributed by atoms with Crippen molar-refractivity contribution >= 4 is 11.9 Å². The van der Waals surface area contributed by atoms with Gasteiger partial charge in [0.1, 0.15) is 0 Å². The Bertz CT molecular complexity index is 818. The topological polar surface area (TPSA) is 66.8 Å². The summed E-state index contributed by atoms with van der Waals surface area (Å²) in [5.41, 5.74) is 1.87. The number of carboxylic acids is 1. The lowest BCUT2D eigenvalue weighted by Gasteiger charge is -2.33. The Kier molecular flexibility index (Phi) is 4.24. The number of fused-ring (bicyclic) bond motifs is 1. The van der Waals surface area contributed by atoms with Gasteiger partial charge < -0.3 is 14.7 Å². The minimum atomic E-state index is -0.863. The lowest BCUT2D eigenvalue weighted by molar-refractivity contribution is -0.157. The summed E-state index contributed by atoms with van der Waals surface area (Å²) >= 11 is 0. The Labute approximate surface area is 152 Å². The van der Waals surface area contributed by atoms with Gasteiger partial charge in [-0.25, -0.2) is 0 Å². The molecule has 4 rings (SSSR count). The molecule has 2 aromatic carbocycles. The number of likely N-dealkylation sites (tertiary alicyclic amines) is 1. The maximum Gasteiger partial charge on any atom is 0.311 e. The number of aliphatic carboxylic acids is 1. The van der Waals surface area contributed by atoms with Crippen LogP contribution in [0.25, 0.3) is 11.1 Å². The van der Waals surface area contributed by atoms with E-state index in [1.165, 1.54) is 0 Å². The number of amides is 1. The van der Waals surface area contributed by atoms with Crippen molar-refractivity contribution in [1.29, 1.82) is 0 Å². The Morgan fingerprint density at radius 2 is 1.73 bits per heavy atom. The van der Waals surface area contributed by atoms with Crippen LogP contribution in [0.15, 0.2) is 54.6 Å². The summed E-state index contributed by atoms with van der Waals surface area (Å²) < 4.78 is 5.46. The molecule has 5 nitrogen and oxygen atoms in total. The molecule has 1 N–H and O–H groups in total. The molecule has 26 heavy (non-hydrogen) atoms. The third-order valence-electron chi connectivity index (χ3n) is 5.66. The third kappa shape index (κ3) is 2.78. The van der Waals surface area contributed by atoms with E-state index >= 15 is 0 Å². The molecule has 2 aliphatic rings. The normalized spacial score (nSPS) is 24.9. The fourth-order valence-electron chi connectivity index (χ4n) is 4.07. The SMILES string of the molecule is O=C(c1ccc(-c2ccccc2)cc1)N1C[C@H]2COCC[C@@]2(C(=O)O)C1. The van der Waals surface area contributed by atoms with E-state index in [1.54, 1.807) is 4.90 Å². The summed E-state index contributed by atoms with van der Waals surface area (Å²) in [6, 6.07) is 17.5. The number of carboxylic acid groups (broad SMARTS) is 1. The van der Waals surface area contributed by atoms with Crippen molar-refractivity contribution in [2.24, 2.45) is 11.3 Å². The first-order chi connectivity index (χ1) is 12.6. The minimum Gasteiger partial charge on any atom is -0.481 e. The number of carbonyl (C=O) groups is 2. The summed E-state index contributed by atoms with van der Waals surface area (Å²) in [5.74, 6) is -1.07. The molecular formula is C21H21NO4. The molecule has 0 unspecified atom stereocenters. The van der Waals surface area contributed by atoms with Gasteiger partial charge in [0.05, 0.1) is 12.0 Å². The first-order valence-electron chi connectivity index (χ1n) is 8.86. The molecule has 0 aliphatic carbocycles. The van der Waals surface area contributed by atoms with Crippen molar-refractivity contribution < 1.29 is 19.4 Å². The second-order valence-corrected chi connectivity index (χ2v) is 7.11. The highest BCUT2D eigenvalue weighted by Crippen LogP contribution is 2.42. The number of ether oxygens (including phenoxy) is 1. The van der Waals surface area contributed by atoms with Gasteiger partial charge in [0, 0.05) is 31.2 Å². The highest BCUT2D eigenvalue weighted by Gasteiger charge is 2.54. The number of hydrogen-bond acceptors (Lipinski definition) is 3. The molecule has 2 fully saturated rings. The maximum absolute atomic E-state index is 12.9. The van der Waals surface area contributed by atoms with E-state index in [4.69, 9.17) is 4.74 Å². The zero-order valence-electron chi connectivity index (χ0n) is 14.4. The molecule has 2 heterocycles. The van der Waals surface area contributed by atoms with Crippen LogP contribution in [-0.2, 0) is 9.53 Å². The standard InChI is InChI=1S/C21H21NO4/c23-19(17-8-6-16(7-9-17)15-4-2-1-3-5-15)22-12-18-13-26-11-10-21(18,14-22)20(24)25/h1-9,18H,10-14H2,(H,24,25)/t18-,21+/m0/s1. The molecule has 0 saturated carbocycles. The average molecular weight is 351 g/mol. The average Bonchev–Trinajstić information content (AvgIpc) is 3.09. The molecule has 2 atom stereocenters. The number of hydrogen-bond donors (Lipinski definition) is 1. The van der Waals surface area contributed by atoms with Crippen molar-refractivity contribution in [3.63, 3.8) is 0 Å². The Morgan fingerprint density at radius 1 is 1.04 bits per heavy atom. The fourth-order valence-corrected chi connectivity index (χ4v) is 4.07. The number of nitrogens with zero attached hydrogens (tertiary/aromatic N) is 1. The lowest BCUT2D eigenvalue weighted by Crippen LogP contribution is -2.45. The summed E-state index contributed by atoms with van der Waals surface area (Å²) in [6.45, 7) is 1.54. The third-order valence-corrected chi connectivity index (χ3v) is 5.66. The summed E-state index contributed by atoms with van der Waals surface area (Å²) in [7, 11) is 0. The Balaban J connectivity index is 1.54. The van der Waals surface area contributed by atoms with Crippen LogP contribution in [0.1, 0.15) is 16.8 Å². The molecule has 0 radical (unpaired) electrons. The van der Waals surface area contributed by atoms with Crippen LogP contribution in [0.4, 0.5) is 0 Å². The van der Waals surface area contributed by atoms with Gasteiger partial charge in [0.2, 0.25) is 0 Å². The van der Waals surface area contributed by atoms with E-state index < -0.39 is 11.4 Å². The predicted molar refractivity (Wildman–Crippen MR) is 96.8 cm³/mol. The zero-order chi connectivity index (χ0) is 18.1. The van der Waals surface area contributed by atoms with E-state index in [2.05, 4.69) is 0 Å². The number of carbonyl (C=O) groups excluding carboxylic acids is 1. The largest absolute Gasteiger partial charge is 0.481 e. The van der Waals surface area contributed by atoms with Crippen LogP contribution >= 0.6 is 0 Å². The van der Waals surface area contributed by atoms with Crippen molar-refractivity contribution in [1.82, 2.24) is 4.90 Å². The first-order valence-corrected chi connectivity index (χ1v) is 8.86. The Morgan fingerprint density at radius 3 is 2.38 bits per heavy atom. The van der Waals surface area contributed by atoms with Crippen LogP contribution in [0.3, 0.4) is 0 Å². The van der Waals surface area contributed by atoms with Gasteiger partial charge in [-0.3, -0.25) is 9.59 Å².